The van der Waals surface area contributed by atoms with E-state index in [4.69, 9.17) is 4.74 Å². The van der Waals surface area contributed by atoms with Crippen molar-refractivity contribution in [2.75, 3.05) is 6.54 Å². The topological polar surface area (TPSA) is 206 Å². The van der Waals surface area contributed by atoms with Crippen LogP contribution < -0.4 is 14.8 Å². The molecule has 20 heteroatoms. The van der Waals surface area contributed by atoms with Gasteiger partial charge in [0.1, 0.15) is 35.6 Å². The van der Waals surface area contributed by atoms with Crippen molar-refractivity contribution < 1.29 is 50.6 Å². The maximum atomic E-state index is 15.0. The molecule has 3 fully saturated rings. The van der Waals surface area contributed by atoms with Gasteiger partial charge < -0.3 is 20.1 Å². The van der Waals surface area contributed by atoms with Crippen molar-refractivity contribution in [2.24, 2.45) is 17.8 Å². The van der Waals surface area contributed by atoms with Gasteiger partial charge in [-0.05, 0) is 83.3 Å². The molecule has 0 unspecified atom stereocenters. The van der Waals surface area contributed by atoms with Crippen molar-refractivity contribution in [1.29, 1.82) is 0 Å². The maximum absolute atomic E-state index is 15.0. The van der Waals surface area contributed by atoms with Crippen LogP contribution >= 0.6 is 0 Å². The Hall–Kier alpha value is -5.01. The van der Waals surface area contributed by atoms with Crippen LogP contribution in [0, 0.1) is 17.8 Å². The summed E-state index contributed by atoms with van der Waals surface area (Å²) >= 11 is 0. The average molecular weight is 833 g/mol. The Labute approximate surface area is 332 Å². The SMILES string of the molecule is C[C@@H]1CCC=C[C@@H]2C[C@@]2(C(=O)NS(=O)(=O)C2(C)CC2)NC(=O)[C@@H]2C[C@@H](Oc3nc4nncn4c4ccccc34)CN2C(=O)[C@@H](N(C(=O)O)C(C)(C)C(F)(F)F)[C@H](C)C1. The highest BCUT2D eigenvalue weighted by atomic mass is 32.2. The fourth-order valence-corrected chi connectivity index (χ4v) is 9.63. The van der Waals surface area contributed by atoms with Gasteiger partial charge in [0.2, 0.25) is 27.7 Å². The lowest BCUT2D eigenvalue weighted by atomic mass is 9.85. The monoisotopic (exact) mass is 832 g/mol. The number of sulfonamides is 1. The predicted octanol–water partition coefficient (Wildman–Crippen LogP) is 4.20. The number of carbonyl (C=O) groups is 4. The summed E-state index contributed by atoms with van der Waals surface area (Å²) in [6.45, 7) is 5.88. The number of alkyl halides is 3. The lowest BCUT2D eigenvalue weighted by Crippen LogP contribution is -2.66. The number of halogens is 3. The molecule has 0 bridgehead atoms. The molecule has 4 aliphatic rings. The van der Waals surface area contributed by atoms with Gasteiger partial charge >= 0.3 is 12.3 Å². The molecule has 7 atom stereocenters. The zero-order chi connectivity index (χ0) is 42.2. The second kappa shape index (κ2) is 14.4. The van der Waals surface area contributed by atoms with Crippen molar-refractivity contribution in [3.8, 4) is 5.88 Å². The summed E-state index contributed by atoms with van der Waals surface area (Å²) in [5, 5.41) is 21.7. The van der Waals surface area contributed by atoms with Gasteiger partial charge in [-0.25, -0.2) is 13.2 Å². The van der Waals surface area contributed by atoms with Gasteiger partial charge in [-0.3, -0.25) is 28.4 Å². The summed E-state index contributed by atoms with van der Waals surface area (Å²) < 4.78 is 79.6. The fourth-order valence-electron chi connectivity index (χ4n) is 8.32. The van der Waals surface area contributed by atoms with E-state index in [0.29, 0.717) is 50.4 Å². The van der Waals surface area contributed by atoms with Crippen LogP contribution in [0.2, 0.25) is 0 Å². The van der Waals surface area contributed by atoms with Gasteiger partial charge in [0.05, 0.1) is 22.2 Å². The van der Waals surface area contributed by atoms with E-state index in [0.717, 1.165) is 4.90 Å². The number of ether oxygens (including phenoxy) is 1. The van der Waals surface area contributed by atoms with Crippen molar-refractivity contribution in [2.45, 2.75) is 120 Å². The minimum Gasteiger partial charge on any atom is -0.472 e. The first-order chi connectivity index (χ1) is 27.1. The van der Waals surface area contributed by atoms with E-state index in [1.54, 1.807) is 40.8 Å². The standard InChI is InChI=1S/C38H47F3N8O8S/c1-21-10-6-7-11-23-18-37(23,32(52)46-58(55,56)36(5)14-15-36)44-29(50)27-17-24(57-30-25-12-8-9-13-26(25)48-20-42-45-33(48)43-30)19-47(27)31(51)28(22(2)16-21)49(34(53)54)35(3,4)38(39,40)41/h7-9,11-13,20-24,27-28H,6,10,14-19H2,1-5H3,(H,44,50)(H,46,52)(H,53,54)/t21-,22-,23-,24-,27+,28+,37-/m1/s1. The summed E-state index contributed by atoms with van der Waals surface area (Å²) in [6.07, 6.45) is -1.46. The van der Waals surface area contributed by atoms with Crippen LogP contribution in [0.1, 0.15) is 79.6 Å². The molecule has 1 aromatic carbocycles. The third-order valence-corrected chi connectivity index (χ3v) is 14.5. The second-order valence-corrected chi connectivity index (χ2v) is 19.2. The third kappa shape index (κ3) is 7.20. The third-order valence-electron chi connectivity index (χ3n) is 12.4. The predicted molar refractivity (Wildman–Crippen MR) is 202 cm³/mol. The number of fused-ring (bicyclic) bond motifs is 5. The molecule has 1 saturated heterocycles. The minimum atomic E-state index is -5.10. The lowest BCUT2D eigenvalue weighted by Gasteiger charge is -2.45. The van der Waals surface area contributed by atoms with Gasteiger partial charge in [0, 0.05) is 12.3 Å². The quantitative estimate of drug-likeness (QED) is 0.288. The molecule has 314 valence electrons. The number of carbonyl (C=O) groups excluding carboxylic acids is 3. The van der Waals surface area contributed by atoms with Crippen LogP contribution in [0.25, 0.3) is 16.7 Å². The molecular formula is C38H47F3N8O8S. The maximum Gasteiger partial charge on any atom is 0.411 e. The highest BCUT2D eigenvalue weighted by Crippen LogP contribution is 2.48. The van der Waals surface area contributed by atoms with Crippen LogP contribution in [0.5, 0.6) is 5.88 Å². The van der Waals surface area contributed by atoms with E-state index >= 15 is 4.79 Å². The first kappa shape index (κ1) is 41.2. The number of allylic oxidation sites excluding steroid dienone is 1. The molecule has 58 heavy (non-hydrogen) atoms. The Morgan fingerprint density at radius 1 is 1.12 bits per heavy atom. The summed E-state index contributed by atoms with van der Waals surface area (Å²) in [4.78, 5) is 62.1. The van der Waals surface area contributed by atoms with E-state index in [2.05, 4.69) is 25.2 Å². The molecule has 2 aromatic heterocycles. The van der Waals surface area contributed by atoms with Crippen LogP contribution in [0.4, 0.5) is 18.0 Å². The Bertz CT molecular complexity index is 2300. The van der Waals surface area contributed by atoms with Gasteiger partial charge in [0.15, 0.2) is 0 Å². The Morgan fingerprint density at radius 2 is 1.83 bits per heavy atom. The van der Waals surface area contributed by atoms with Crippen LogP contribution in [-0.2, 0) is 24.4 Å². The van der Waals surface area contributed by atoms with Crippen LogP contribution in [-0.4, -0.2) is 113 Å². The van der Waals surface area contributed by atoms with Gasteiger partial charge in [-0.2, -0.15) is 18.2 Å². The number of amides is 4. The number of hydrogen-bond acceptors (Lipinski definition) is 10. The van der Waals surface area contributed by atoms with Crippen molar-refractivity contribution >= 4 is 50.5 Å². The summed E-state index contributed by atoms with van der Waals surface area (Å²) in [5.74, 6) is -4.40. The molecule has 0 spiro atoms. The smallest absolute Gasteiger partial charge is 0.411 e. The van der Waals surface area contributed by atoms with E-state index in [1.165, 1.54) is 20.2 Å². The molecule has 16 nitrogen and oxygen atoms in total. The number of hydrogen-bond donors (Lipinski definition) is 3. The van der Waals surface area contributed by atoms with Crippen molar-refractivity contribution in [1.82, 2.24) is 39.4 Å². The molecule has 2 saturated carbocycles. The number of rotatable bonds is 7. The normalized spacial score (nSPS) is 29.1. The first-order valence-electron chi connectivity index (χ1n) is 19.3. The van der Waals surface area contributed by atoms with E-state index < -0.39 is 85.9 Å². The Morgan fingerprint density at radius 3 is 2.50 bits per heavy atom. The molecule has 2 aliphatic heterocycles. The number of benzene rings is 1. The molecule has 4 heterocycles. The van der Waals surface area contributed by atoms with E-state index in [1.807, 2.05) is 6.92 Å². The molecule has 7 rings (SSSR count). The lowest BCUT2D eigenvalue weighted by molar-refractivity contribution is -0.222. The average Bonchev–Trinajstić information content (AvgIpc) is 3.92. The molecule has 4 amide bonds. The van der Waals surface area contributed by atoms with Crippen molar-refractivity contribution in [3.05, 3.63) is 42.7 Å². The number of nitrogens with one attached hydrogen (secondary N) is 2. The van der Waals surface area contributed by atoms with Crippen LogP contribution in [0.15, 0.2) is 42.7 Å². The van der Waals surface area contributed by atoms with Gasteiger partial charge in [0.25, 0.3) is 11.7 Å². The zero-order valence-electron chi connectivity index (χ0n) is 32.7. The summed E-state index contributed by atoms with van der Waals surface area (Å²) in [5.41, 5.74) is -4.14. The number of aromatic nitrogens is 4. The van der Waals surface area contributed by atoms with Gasteiger partial charge in [-0.15, -0.1) is 10.2 Å². The molecule has 0 radical (unpaired) electrons. The Balaban J connectivity index is 1.30. The minimum absolute atomic E-state index is 0.0456. The summed E-state index contributed by atoms with van der Waals surface area (Å²) in [7, 11) is -4.12. The van der Waals surface area contributed by atoms with Crippen LogP contribution in [0.3, 0.4) is 0 Å². The van der Waals surface area contributed by atoms with E-state index in [9.17, 15) is 41.1 Å². The fraction of sp³-hybridized carbons (Fsp3) is 0.605. The van der Waals surface area contributed by atoms with Gasteiger partial charge in [-0.1, -0.05) is 38.1 Å². The number of para-hydroxylation sites is 1. The number of nitrogens with zero attached hydrogens (tertiary/aromatic N) is 6. The first-order valence-corrected chi connectivity index (χ1v) is 20.8. The highest BCUT2D eigenvalue weighted by Gasteiger charge is 2.64. The Kier molecular flexibility index (Phi) is 10.2. The zero-order valence-corrected chi connectivity index (χ0v) is 33.5. The highest BCUT2D eigenvalue weighted by molar-refractivity contribution is 7.91. The molecular weight excluding hydrogens is 786 g/mol. The second-order valence-electron chi connectivity index (χ2n) is 17.1. The molecule has 3 N–H and O–H groups in total. The molecule has 2 aliphatic carbocycles. The molecule has 3 aromatic rings. The van der Waals surface area contributed by atoms with Crippen molar-refractivity contribution in [3.63, 3.8) is 0 Å². The number of carboxylic acid groups (broad SMARTS) is 1. The summed E-state index contributed by atoms with van der Waals surface area (Å²) in [6, 6.07) is 3.63. The van der Waals surface area contributed by atoms with E-state index in [-0.39, 0.29) is 48.3 Å². The largest absolute Gasteiger partial charge is 0.472 e.